The maximum absolute atomic E-state index is 8.78. The van der Waals surface area contributed by atoms with Crippen molar-refractivity contribution >= 4 is 22.7 Å². The van der Waals surface area contributed by atoms with Gasteiger partial charge in [0.1, 0.15) is 5.82 Å². The van der Waals surface area contributed by atoms with E-state index in [1.165, 1.54) is 85.6 Å². The van der Waals surface area contributed by atoms with E-state index in [0.29, 0.717) is 23.4 Å². The van der Waals surface area contributed by atoms with Crippen LogP contribution in [-0.4, -0.2) is 11.4 Å². The van der Waals surface area contributed by atoms with Crippen molar-refractivity contribution in [1.82, 2.24) is 0 Å². The van der Waals surface area contributed by atoms with Crippen LogP contribution >= 0.6 is 0 Å². The Labute approximate surface area is 295 Å². The first kappa shape index (κ1) is 40.7. The van der Waals surface area contributed by atoms with Crippen molar-refractivity contribution in [3.05, 3.63) is 106 Å². The molecule has 1 aromatic rings. The van der Waals surface area contributed by atoms with Crippen molar-refractivity contribution < 1.29 is 0 Å². The molecule has 48 heavy (non-hydrogen) atoms. The molecule has 0 heterocycles. The second-order valence-corrected chi connectivity index (χ2v) is 13.3. The molecule has 3 aliphatic rings. The van der Waals surface area contributed by atoms with Gasteiger partial charge in [-0.25, -0.2) is 4.99 Å². The second kappa shape index (κ2) is 20.8. The Morgan fingerprint density at radius 1 is 0.917 bits per heavy atom. The van der Waals surface area contributed by atoms with Crippen molar-refractivity contribution in [2.45, 2.75) is 140 Å². The van der Waals surface area contributed by atoms with Crippen LogP contribution in [0, 0.1) is 24.2 Å². The summed E-state index contributed by atoms with van der Waals surface area (Å²) in [5.74, 6) is 1.98. The molecule has 1 aromatic carbocycles. The van der Waals surface area contributed by atoms with Crippen LogP contribution in [0.25, 0.3) is 5.57 Å². The Morgan fingerprint density at radius 2 is 1.54 bits per heavy atom. The molecule has 0 atom stereocenters. The highest BCUT2D eigenvalue weighted by Gasteiger charge is 2.25. The van der Waals surface area contributed by atoms with Gasteiger partial charge in [0.25, 0.3) is 0 Å². The van der Waals surface area contributed by atoms with Gasteiger partial charge in [0.15, 0.2) is 0 Å². The summed E-state index contributed by atoms with van der Waals surface area (Å²) in [5.41, 5.74) is 13.7. The number of hydrogen-bond donors (Lipinski definition) is 2. The number of hydrogen-bond acceptors (Lipinski definition) is 3. The first-order valence-corrected chi connectivity index (χ1v) is 18.9. The minimum atomic E-state index is 0.631. The van der Waals surface area contributed by atoms with Gasteiger partial charge in [0.2, 0.25) is 0 Å². The molecule has 0 radical (unpaired) electrons. The molecule has 0 amide bonds. The number of nitrogens with one attached hydrogen (secondary N) is 2. The van der Waals surface area contributed by atoms with E-state index in [4.69, 9.17) is 10.4 Å². The molecule has 3 nitrogen and oxygen atoms in total. The molecule has 3 heteroatoms. The van der Waals surface area contributed by atoms with E-state index < -0.39 is 0 Å². The van der Waals surface area contributed by atoms with Gasteiger partial charge in [-0.05, 0) is 136 Å². The highest BCUT2D eigenvalue weighted by atomic mass is 15.0. The predicted molar refractivity (Wildman–Crippen MR) is 216 cm³/mol. The zero-order valence-corrected chi connectivity index (χ0v) is 32.3. The Bertz CT molecular complexity index is 1460. The number of rotatable bonds is 11. The first-order chi connectivity index (χ1) is 23.1. The molecule has 0 aromatic heterocycles. The van der Waals surface area contributed by atoms with E-state index in [0.717, 1.165) is 46.5 Å². The number of nitrogens with zero attached hydrogens (tertiary/aromatic N) is 1. The van der Waals surface area contributed by atoms with Crippen LogP contribution in [0.4, 0.5) is 5.69 Å². The van der Waals surface area contributed by atoms with Crippen LogP contribution in [0.2, 0.25) is 0 Å². The molecule has 3 aliphatic carbocycles. The van der Waals surface area contributed by atoms with Gasteiger partial charge in [-0.15, -0.1) is 0 Å². The van der Waals surface area contributed by atoms with Crippen LogP contribution in [0.15, 0.2) is 99.9 Å². The topological polar surface area (TPSA) is 48.2 Å². The molecule has 0 unspecified atom stereocenters. The Morgan fingerprint density at radius 3 is 2.10 bits per heavy atom. The summed E-state index contributed by atoms with van der Waals surface area (Å²) in [6, 6.07) is 6.64. The summed E-state index contributed by atoms with van der Waals surface area (Å²) >= 11 is 0. The van der Waals surface area contributed by atoms with Crippen LogP contribution in [0.5, 0.6) is 0 Å². The molecule has 4 rings (SSSR count). The number of benzene rings is 1. The lowest BCUT2D eigenvalue weighted by molar-refractivity contribution is 0.398. The molecule has 2 N–H and O–H groups in total. The van der Waals surface area contributed by atoms with Crippen LogP contribution in [0.1, 0.15) is 144 Å². The van der Waals surface area contributed by atoms with Crippen molar-refractivity contribution in [2.75, 3.05) is 5.32 Å². The van der Waals surface area contributed by atoms with E-state index >= 15 is 0 Å². The van der Waals surface area contributed by atoms with E-state index in [2.05, 4.69) is 103 Å². The van der Waals surface area contributed by atoms with Crippen molar-refractivity contribution in [1.29, 1.82) is 5.41 Å². The standard InChI is InChI=1S/C41H55N3.2C2H6/c1-9-33(22-28(5)27(3)4)41(24-32-16-14-15-17-32)44-31(8)43-40-21-20-35(23-29(40)6)37(10-2)38-25-36(26-39(42)30(38)7)34-18-12-11-13-19-34;2*1-2/h9-10,20-23,26,32,34,42-43H,3,8,11-19,24-25H2,1-2,4-7H3;2*1-2H3/b28-22+,33-9-,37-10-,42-39?,44-41-;;. The van der Waals surface area contributed by atoms with Gasteiger partial charge in [0, 0.05) is 11.4 Å². The fourth-order valence-corrected chi connectivity index (χ4v) is 7.12. The normalized spacial score (nSPS) is 18.5. The predicted octanol–water partition coefficient (Wildman–Crippen LogP) is 14.1. The molecule has 0 saturated heterocycles. The Kier molecular flexibility index (Phi) is 17.6. The lowest BCUT2D eigenvalue weighted by Crippen LogP contribution is -2.16. The smallest absolute Gasteiger partial charge is 0.123 e. The molecule has 0 spiro atoms. The Hall–Kier alpha value is -3.46. The average Bonchev–Trinajstić information content (AvgIpc) is 3.62. The van der Waals surface area contributed by atoms with Gasteiger partial charge in [0.05, 0.1) is 5.71 Å². The summed E-state index contributed by atoms with van der Waals surface area (Å²) in [4.78, 5) is 5.10. The van der Waals surface area contributed by atoms with Gasteiger partial charge in [-0.3, -0.25) is 0 Å². The quantitative estimate of drug-likeness (QED) is 0.182. The first-order valence-electron chi connectivity index (χ1n) is 18.9. The largest absolute Gasteiger partial charge is 0.341 e. The van der Waals surface area contributed by atoms with Gasteiger partial charge >= 0.3 is 0 Å². The molecule has 0 bridgehead atoms. The minimum absolute atomic E-state index is 0.631. The van der Waals surface area contributed by atoms with E-state index in [1.807, 2.05) is 27.7 Å². The third-order valence-corrected chi connectivity index (χ3v) is 10.0. The summed E-state index contributed by atoms with van der Waals surface area (Å²) in [7, 11) is 0. The lowest BCUT2D eigenvalue weighted by Gasteiger charge is -2.30. The highest BCUT2D eigenvalue weighted by molar-refractivity contribution is 6.10. The number of allylic oxidation sites excluding steroid dienone is 11. The van der Waals surface area contributed by atoms with Gasteiger partial charge in [-0.2, -0.15) is 0 Å². The highest BCUT2D eigenvalue weighted by Crippen LogP contribution is 2.41. The van der Waals surface area contributed by atoms with Gasteiger partial charge in [-0.1, -0.05) is 121 Å². The van der Waals surface area contributed by atoms with Crippen LogP contribution in [-0.2, 0) is 0 Å². The lowest BCUT2D eigenvalue weighted by atomic mass is 9.75. The molecular formula is C45H67N3. The molecule has 0 aliphatic heterocycles. The van der Waals surface area contributed by atoms with E-state index in [-0.39, 0.29) is 0 Å². The zero-order chi connectivity index (χ0) is 35.8. The number of anilines is 1. The molecular weight excluding hydrogens is 583 g/mol. The van der Waals surface area contributed by atoms with Crippen LogP contribution in [0.3, 0.4) is 0 Å². The van der Waals surface area contributed by atoms with Crippen molar-refractivity contribution in [3.63, 3.8) is 0 Å². The molecule has 262 valence electrons. The zero-order valence-electron chi connectivity index (χ0n) is 32.3. The third-order valence-electron chi connectivity index (χ3n) is 10.0. The van der Waals surface area contributed by atoms with E-state index in [1.54, 1.807) is 0 Å². The average molecular weight is 650 g/mol. The maximum Gasteiger partial charge on any atom is 0.123 e. The SMILES string of the molecule is C=C(\N=C(CC1CCCC1)/C(=C\C)/C=C(\C)C(=C)C)Nc1ccc(/C(=C/C)C2=C(C)C(=N)C=C(C3CCCCC3)C2)cc1C.CC.CC. The monoisotopic (exact) mass is 650 g/mol. The van der Waals surface area contributed by atoms with Gasteiger partial charge < -0.3 is 10.7 Å². The van der Waals surface area contributed by atoms with Crippen molar-refractivity contribution in [3.8, 4) is 0 Å². The third kappa shape index (κ3) is 11.3. The summed E-state index contributed by atoms with van der Waals surface area (Å²) in [6.45, 7) is 29.2. The number of aliphatic imine (C=N–C) groups is 1. The minimum Gasteiger partial charge on any atom is -0.341 e. The summed E-state index contributed by atoms with van der Waals surface area (Å²) < 4.78 is 0. The fraction of sp³-hybridized carbons (Fsp3) is 0.511. The van der Waals surface area contributed by atoms with E-state index in [9.17, 15) is 0 Å². The Balaban J connectivity index is 0.00000193. The van der Waals surface area contributed by atoms with Crippen molar-refractivity contribution in [2.24, 2.45) is 16.8 Å². The summed E-state index contributed by atoms with van der Waals surface area (Å²) in [6.07, 6.45) is 22.4. The number of aryl methyl sites for hydroxylation is 1. The fourth-order valence-electron chi connectivity index (χ4n) is 7.12. The van der Waals surface area contributed by atoms with Crippen LogP contribution < -0.4 is 5.32 Å². The summed E-state index contributed by atoms with van der Waals surface area (Å²) in [5, 5.41) is 12.3. The molecule has 2 saturated carbocycles. The maximum atomic E-state index is 8.78. The molecule has 2 fully saturated rings. The second-order valence-electron chi connectivity index (χ2n) is 13.3.